The zero-order valence-corrected chi connectivity index (χ0v) is 12.4. The predicted octanol–water partition coefficient (Wildman–Crippen LogP) is 2.59. The molecule has 0 aliphatic carbocycles. The monoisotopic (exact) mass is 284 g/mol. The Morgan fingerprint density at radius 3 is 2.52 bits per heavy atom. The lowest BCUT2D eigenvalue weighted by atomic mass is 10.0. The number of carbonyl (C=O) groups excluding carboxylic acids is 1. The minimum Gasteiger partial charge on any atom is -0.396 e. The molecule has 2 aromatic rings. The van der Waals surface area contributed by atoms with Gasteiger partial charge in [-0.05, 0) is 31.0 Å². The summed E-state index contributed by atoms with van der Waals surface area (Å²) in [6.07, 6.45) is 2.10. The summed E-state index contributed by atoms with van der Waals surface area (Å²) in [4.78, 5) is 18.4. The number of nitrogens with zero attached hydrogens (tertiary/aromatic N) is 2. The maximum Gasteiger partial charge on any atom is 0.255 e. The number of aromatic nitrogens is 1. The average molecular weight is 284 g/mol. The highest BCUT2D eigenvalue weighted by Gasteiger charge is 2.22. The van der Waals surface area contributed by atoms with Crippen molar-refractivity contribution >= 4 is 5.91 Å². The summed E-state index contributed by atoms with van der Waals surface area (Å²) < 4.78 is 0. The van der Waals surface area contributed by atoms with Gasteiger partial charge < -0.3 is 10.0 Å². The Bertz CT molecular complexity index is 581. The Labute approximate surface area is 125 Å². The van der Waals surface area contributed by atoms with Crippen LogP contribution in [0.4, 0.5) is 0 Å². The Kier molecular flexibility index (Phi) is 5.06. The Morgan fingerprint density at radius 1 is 1.24 bits per heavy atom. The summed E-state index contributed by atoms with van der Waals surface area (Å²) >= 11 is 0. The van der Waals surface area contributed by atoms with Crippen molar-refractivity contribution < 1.29 is 9.90 Å². The molecule has 21 heavy (non-hydrogen) atoms. The molecule has 0 saturated carbocycles. The second kappa shape index (κ2) is 6.99. The summed E-state index contributed by atoms with van der Waals surface area (Å²) in [7, 11) is 1.76. The summed E-state index contributed by atoms with van der Waals surface area (Å²) in [6.45, 7) is 1.92. The van der Waals surface area contributed by atoms with E-state index in [1.165, 1.54) is 0 Å². The number of hydrogen-bond donors (Lipinski definition) is 1. The Balaban J connectivity index is 2.24. The highest BCUT2D eigenvalue weighted by Crippen LogP contribution is 2.24. The highest BCUT2D eigenvalue weighted by molar-refractivity contribution is 5.94. The van der Waals surface area contributed by atoms with E-state index in [1.54, 1.807) is 24.2 Å². The topological polar surface area (TPSA) is 53.4 Å². The van der Waals surface area contributed by atoms with Crippen LogP contribution in [0.2, 0.25) is 0 Å². The standard InChI is InChI=1S/C17H20N2O2/c1-13-8-9-15(12-18-13)17(21)19(2)16(10-11-20)14-6-4-3-5-7-14/h3-9,12,16,20H,10-11H2,1-2H3. The molecular weight excluding hydrogens is 264 g/mol. The number of aliphatic hydroxyl groups is 1. The molecule has 1 aromatic carbocycles. The maximum absolute atomic E-state index is 12.5. The van der Waals surface area contributed by atoms with Crippen molar-refractivity contribution in [3.63, 3.8) is 0 Å². The fraction of sp³-hybridized carbons (Fsp3) is 0.294. The van der Waals surface area contributed by atoms with Crippen LogP contribution in [0.15, 0.2) is 48.7 Å². The van der Waals surface area contributed by atoms with Crippen LogP contribution in [-0.2, 0) is 0 Å². The molecule has 2 rings (SSSR count). The fourth-order valence-electron chi connectivity index (χ4n) is 2.32. The van der Waals surface area contributed by atoms with Gasteiger partial charge in [0.15, 0.2) is 0 Å². The Hall–Kier alpha value is -2.20. The van der Waals surface area contributed by atoms with E-state index in [1.807, 2.05) is 43.3 Å². The molecule has 0 bridgehead atoms. The molecule has 1 aromatic heterocycles. The fourth-order valence-corrected chi connectivity index (χ4v) is 2.32. The Morgan fingerprint density at radius 2 is 1.95 bits per heavy atom. The van der Waals surface area contributed by atoms with E-state index in [-0.39, 0.29) is 18.6 Å². The molecule has 110 valence electrons. The first-order valence-corrected chi connectivity index (χ1v) is 6.99. The lowest BCUT2D eigenvalue weighted by Gasteiger charge is -2.28. The SMILES string of the molecule is Cc1ccc(C(=O)N(C)C(CCO)c2ccccc2)cn1. The van der Waals surface area contributed by atoms with Gasteiger partial charge in [-0.3, -0.25) is 9.78 Å². The van der Waals surface area contributed by atoms with E-state index in [0.717, 1.165) is 11.3 Å². The van der Waals surface area contributed by atoms with Crippen LogP contribution in [0.25, 0.3) is 0 Å². The van der Waals surface area contributed by atoms with Gasteiger partial charge in [-0.25, -0.2) is 0 Å². The van der Waals surface area contributed by atoms with Gasteiger partial charge in [0.2, 0.25) is 0 Å². The van der Waals surface area contributed by atoms with Gasteiger partial charge in [0.05, 0.1) is 11.6 Å². The number of aryl methyl sites for hydroxylation is 1. The lowest BCUT2D eigenvalue weighted by Crippen LogP contribution is -2.32. The third-order valence-electron chi connectivity index (χ3n) is 3.53. The number of rotatable bonds is 5. The van der Waals surface area contributed by atoms with E-state index in [0.29, 0.717) is 12.0 Å². The molecule has 0 fully saturated rings. The van der Waals surface area contributed by atoms with E-state index >= 15 is 0 Å². The van der Waals surface area contributed by atoms with Crippen LogP contribution in [0, 0.1) is 6.92 Å². The zero-order chi connectivity index (χ0) is 15.2. The van der Waals surface area contributed by atoms with E-state index in [4.69, 9.17) is 0 Å². The van der Waals surface area contributed by atoms with Gasteiger partial charge in [-0.2, -0.15) is 0 Å². The zero-order valence-electron chi connectivity index (χ0n) is 12.4. The summed E-state index contributed by atoms with van der Waals surface area (Å²) in [6, 6.07) is 13.2. The first-order chi connectivity index (χ1) is 10.1. The maximum atomic E-state index is 12.5. The minimum absolute atomic E-state index is 0.0311. The molecule has 1 amide bonds. The molecule has 4 nitrogen and oxygen atoms in total. The van der Waals surface area contributed by atoms with Crippen LogP contribution in [-0.4, -0.2) is 34.6 Å². The van der Waals surface area contributed by atoms with Crippen molar-refractivity contribution in [2.24, 2.45) is 0 Å². The number of pyridine rings is 1. The number of aliphatic hydroxyl groups excluding tert-OH is 1. The number of carbonyl (C=O) groups is 1. The van der Waals surface area contributed by atoms with E-state index in [9.17, 15) is 9.90 Å². The van der Waals surface area contributed by atoms with Crippen LogP contribution >= 0.6 is 0 Å². The second-order valence-electron chi connectivity index (χ2n) is 5.04. The molecule has 0 radical (unpaired) electrons. The van der Waals surface area contributed by atoms with Crippen LogP contribution in [0.1, 0.15) is 34.1 Å². The smallest absolute Gasteiger partial charge is 0.255 e. The van der Waals surface area contributed by atoms with Gasteiger partial charge in [0.25, 0.3) is 5.91 Å². The molecule has 1 unspecified atom stereocenters. The van der Waals surface area contributed by atoms with Crippen LogP contribution < -0.4 is 0 Å². The summed E-state index contributed by atoms with van der Waals surface area (Å²) in [5.41, 5.74) is 2.45. The number of amides is 1. The number of benzene rings is 1. The molecule has 0 spiro atoms. The summed E-state index contributed by atoms with van der Waals surface area (Å²) in [5.74, 6) is -0.0928. The first-order valence-electron chi connectivity index (χ1n) is 6.99. The van der Waals surface area contributed by atoms with Crippen LogP contribution in [0.3, 0.4) is 0 Å². The van der Waals surface area contributed by atoms with Crippen molar-refractivity contribution in [3.05, 3.63) is 65.5 Å². The van der Waals surface area contributed by atoms with Gasteiger partial charge in [-0.1, -0.05) is 30.3 Å². The quantitative estimate of drug-likeness (QED) is 0.918. The second-order valence-corrected chi connectivity index (χ2v) is 5.04. The van der Waals surface area contributed by atoms with Crippen molar-refractivity contribution in [2.75, 3.05) is 13.7 Å². The predicted molar refractivity (Wildman–Crippen MR) is 82.0 cm³/mol. The molecule has 4 heteroatoms. The summed E-state index contributed by atoms with van der Waals surface area (Å²) in [5, 5.41) is 9.29. The molecule has 1 atom stereocenters. The minimum atomic E-state index is -0.148. The van der Waals surface area contributed by atoms with Crippen molar-refractivity contribution in [1.29, 1.82) is 0 Å². The van der Waals surface area contributed by atoms with E-state index in [2.05, 4.69) is 4.98 Å². The lowest BCUT2D eigenvalue weighted by molar-refractivity contribution is 0.0704. The van der Waals surface area contributed by atoms with Gasteiger partial charge in [0.1, 0.15) is 0 Å². The van der Waals surface area contributed by atoms with Crippen molar-refractivity contribution in [2.45, 2.75) is 19.4 Å². The first kappa shape index (κ1) is 15.2. The number of hydrogen-bond acceptors (Lipinski definition) is 3. The largest absolute Gasteiger partial charge is 0.396 e. The molecule has 1 heterocycles. The normalized spacial score (nSPS) is 12.0. The van der Waals surface area contributed by atoms with Gasteiger partial charge >= 0.3 is 0 Å². The van der Waals surface area contributed by atoms with Gasteiger partial charge in [0, 0.05) is 25.5 Å². The van der Waals surface area contributed by atoms with Gasteiger partial charge in [-0.15, -0.1) is 0 Å². The van der Waals surface area contributed by atoms with Crippen molar-refractivity contribution in [3.8, 4) is 0 Å². The third-order valence-corrected chi connectivity index (χ3v) is 3.53. The molecular formula is C17H20N2O2. The van der Waals surface area contributed by atoms with Crippen LogP contribution in [0.5, 0.6) is 0 Å². The average Bonchev–Trinajstić information content (AvgIpc) is 2.53. The third kappa shape index (κ3) is 3.67. The molecule has 0 aliphatic rings. The highest BCUT2D eigenvalue weighted by atomic mass is 16.3. The molecule has 0 saturated heterocycles. The molecule has 1 N–H and O–H groups in total. The van der Waals surface area contributed by atoms with E-state index < -0.39 is 0 Å². The molecule has 0 aliphatic heterocycles. The van der Waals surface area contributed by atoms with Crippen molar-refractivity contribution in [1.82, 2.24) is 9.88 Å².